The van der Waals surface area contributed by atoms with E-state index in [1.54, 1.807) is 0 Å². The number of aromatic nitrogens is 2. The van der Waals surface area contributed by atoms with Crippen LogP contribution in [0.25, 0.3) is 71.6 Å². The fourth-order valence-electron chi connectivity index (χ4n) is 7.86. The SMILES string of the molecule is N=C(N=C(Nn1c2ccccc2c2cc(-c3ccc4c(c3)c3ccccc3n4-c3ccccc3)c(-c3ccccc3)cc21)c1ccccc1)c1ccccc1. The smallest absolute Gasteiger partial charge is 0.154 e. The molecule has 2 aromatic heterocycles. The molecule has 10 rings (SSSR count). The highest BCUT2D eigenvalue weighted by atomic mass is 15.4. The van der Waals surface area contributed by atoms with Crippen LogP contribution in [0.2, 0.25) is 0 Å². The van der Waals surface area contributed by atoms with E-state index in [1.165, 1.54) is 21.8 Å². The number of aliphatic imine (C=N–C) groups is 1. The van der Waals surface area contributed by atoms with Crippen LogP contribution in [0.15, 0.2) is 205 Å². The minimum atomic E-state index is 0.184. The van der Waals surface area contributed by atoms with E-state index in [2.05, 4.69) is 154 Å². The largest absolute Gasteiger partial charge is 0.309 e. The van der Waals surface area contributed by atoms with Crippen molar-refractivity contribution >= 4 is 55.3 Å². The standard InChI is InChI=1S/C50H35N5/c51-49(35-19-7-2-8-20-35)52-50(36-21-9-3-10-22-36)53-55-47-28-16-14-26-40(47)44-32-41(42(33-48(44)55)34-17-5-1-6-18-34)37-29-30-46-43(31-37)39-25-13-15-27-45(39)54(46)38-23-11-4-12-24-38/h1-33H,(H2,51,52,53). The van der Waals surface area contributed by atoms with Gasteiger partial charge in [0, 0.05) is 38.4 Å². The van der Waals surface area contributed by atoms with Gasteiger partial charge in [0.05, 0.1) is 22.1 Å². The zero-order valence-corrected chi connectivity index (χ0v) is 29.9. The molecule has 0 aliphatic rings. The van der Waals surface area contributed by atoms with Crippen LogP contribution in [0.1, 0.15) is 11.1 Å². The van der Waals surface area contributed by atoms with Crippen molar-refractivity contribution in [1.29, 1.82) is 5.41 Å². The maximum Gasteiger partial charge on any atom is 0.154 e. The van der Waals surface area contributed by atoms with Gasteiger partial charge in [-0.05, 0) is 70.8 Å². The van der Waals surface area contributed by atoms with Crippen LogP contribution in [-0.4, -0.2) is 20.9 Å². The predicted molar refractivity (Wildman–Crippen MR) is 230 cm³/mol. The number of rotatable bonds is 6. The second kappa shape index (κ2) is 13.5. The van der Waals surface area contributed by atoms with E-state index in [4.69, 9.17) is 10.4 Å². The molecule has 0 radical (unpaired) electrons. The van der Waals surface area contributed by atoms with E-state index >= 15 is 0 Å². The lowest BCUT2D eigenvalue weighted by atomic mass is 9.92. The molecule has 0 atom stereocenters. The average molecular weight is 706 g/mol. The van der Waals surface area contributed by atoms with Gasteiger partial charge >= 0.3 is 0 Å². The van der Waals surface area contributed by atoms with Crippen molar-refractivity contribution in [2.75, 3.05) is 5.43 Å². The van der Waals surface area contributed by atoms with Crippen molar-refractivity contribution < 1.29 is 0 Å². The number of nitrogens with zero attached hydrogens (tertiary/aromatic N) is 3. The Balaban J connectivity index is 1.20. The highest BCUT2D eigenvalue weighted by Crippen LogP contribution is 2.41. The summed E-state index contributed by atoms with van der Waals surface area (Å²) in [6.45, 7) is 0. The van der Waals surface area contributed by atoms with Crippen LogP contribution in [0.4, 0.5) is 0 Å². The van der Waals surface area contributed by atoms with Crippen molar-refractivity contribution in [3.8, 4) is 27.9 Å². The molecule has 0 fully saturated rings. The molecule has 8 aromatic carbocycles. The van der Waals surface area contributed by atoms with Crippen LogP contribution in [0, 0.1) is 5.41 Å². The fourth-order valence-corrected chi connectivity index (χ4v) is 7.86. The Morgan fingerprint density at radius 3 is 1.65 bits per heavy atom. The summed E-state index contributed by atoms with van der Waals surface area (Å²) < 4.78 is 4.49. The third-order valence-electron chi connectivity index (χ3n) is 10.4. The number of nitrogens with one attached hydrogen (secondary N) is 2. The lowest BCUT2D eigenvalue weighted by molar-refractivity contribution is 1.08. The summed E-state index contributed by atoms with van der Waals surface area (Å²) >= 11 is 0. The highest BCUT2D eigenvalue weighted by Gasteiger charge is 2.20. The summed E-state index contributed by atoms with van der Waals surface area (Å²) in [7, 11) is 0. The third-order valence-corrected chi connectivity index (χ3v) is 10.4. The average Bonchev–Trinajstić information content (AvgIpc) is 3.75. The van der Waals surface area contributed by atoms with E-state index in [0.717, 1.165) is 60.9 Å². The second-order valence-corrected chi connectivity index (χ2v) is 13.7. The van der Waals surface area contributed by atoms with Gasteiger partial charge in [0.25, 0.3) is 0 Å². The Labute approximate surface area is 318 Å². The van der Waals surface area contributed by atoms with Crippen molar-refractivity contribution in [2.45, 2.75) is 0 Å². The number of hydrogen-bond acceptors (Lipinski definition) is 1. The minimum Gasteiger partial charge on any atom is -0.309 e. The number of hydrogen-bond donors (Lipinski definition) is 2. The topological polar surface area (TPSA) is 58.1 Å². The number of amidine groups is 2. The van der Waals surface area contributed by atoms with E-state index in [1.807, 2.05) is 60.7 Å². The first-order valence-corrected chi connectivity index (χ1v) is 18.5. The summed E-state index contributed by atoms with van der Waals surface area (Å²) in [5.74, 6) is 0.770. The van der Waals surface area contributed by atoms with Gasteiger partial charge in [-0.2, -0.15) is 0 Å². The molecule has 0 aliphatic heterocycles. The first-order chi connectivity index (χ1) is 27.2. The van der Waals surface area contributed by atoms with Gasteiger partial charge in [-0.15, -0.1) is 0 Å². The van der Waals surface area contributed by atoms with E-state index in [0.29, 0.717) is 5.84 Å². The van der Waals surface area contributed by atoms with Crippen molar-refractivity contribution in [3.63, 3.8) is 0 Å². The maximum atomic E-state index is 8.95. The molecule has 0 unspecified atom stereocenters. The summed E-state index contributed by atoms with van der Waals surface area (Å²) in [5.41, 5.74) is 15.4. The van der Waals surface area contributed by atoms with Gasteiger partial charge in [0.15, 0.2) is 11.7 Å². The van der Waals surface area contributed by atoms with Crippen molar-refractivity contribution in [1.82, 2.24) is 9.24 Å². The van der Waals surface area contributed by atoms with Gasteiger partial charge in [0.2, 0.25) is 0 Å². The first kappa shape index (κ1) is 32.2. The van der Waals surface area contributed by atoms with E-state index in [-0.39, 0.29) is 5.84 Å². The lowest BCUT2D eigenvalue weighted by Gasteiger charge is -2.16. The third kappa shape index (κ3) is 5.66. The molecule has 5 nitrogen and oxygen atoms in total. The van der Waals surface area contributed by atoms with Crippen LogP contribution in [0.5, 0.6) is 0 Å². The minimum absolute atomic E-state index is 0.184. The zero-order chi connectivity index (χ0) is 36.7. The quantitative estimate of drug-likeness (QED) is 0.131. The van der Waals surface area contributed by atoms with E-state index in [9.17, 15) is 0 Å². The molecule has 0 spiro atoms. The molecular formula is C50H35N5. The van der Waals surface area contributed by atoms with Crippen LogP contribution >= 0.6 is 0 Å². The van der Waals surface area contributed by atoms with Gasteiger partial charge in [-0.3, -0.25) is 15.5 Å². The molecule has 0 saturated heterocycles. The lowest BCUT2D eigenvalue weighted by Crippen LogP contribution is -2.25. The Morgan fingerprint density at radius 2 is 0.945 bits per heavy atom. The summed E-state index contributed by atoms with van der Waals surface area (Å²) in [4.78, 5) is 4.89. The number of fused-ring (bicyclic) bond motifs is 6. The van der Waals surface area contributed by atoms with Crippen molar-refractivity contribution in [3.05, 3.63) is 211 Å². The highest BCUT2D eigenvalue weighted by molar-refractivity contribution is 6.17. The maximum absolute atomic E-state index is 8.95. The summed E-state index contributed by atoms with van der Waals surface area (Å²) in [6.07, 6.45) is 0. The van der Waals surface area contributed by atoms with Gasteiger partial charge < -0.3 is 4.57 Å². The number of para-hydroxylation sites is 3. The molecule has 55 heavy (non-hydrogen) atoms. The summed E-state index contributed by atoms with van der Waals surface area (Å²) in [6, 6.07) is 69.6. The normalized spacial score (nSPS) is 11.8. The fraction of sp³-hybridized carbons (Fsp3) is 0. The Hall–Kier alpha value is -7.50. The van der Waals surface area contributed by atoms with Crippen molar-refractivity contribution in [2.24, 2.45) is 4.99 Å². The molecular weight excluding hydrogens is 671 g/mol. The van der Waals surface area contributed by atoms with Gasteiger partial charge in [0.1, 0.15) is 0 Å². The molecule has 2 N–H and O–H groups in total. The predicted octanol–water partition coefficient (Wildman–Crippen LogP) is 12.2. The van der Waals surface area contributed by atoms with Crippen LogP contribution in [-0.2, 0) is 0 Å². The molecule has 2 heterocycles. The monoisotopic (exact) mass is 705 g/mol. The summed E-state index contributed by atoms with van der Waals surface area (Å²) in [5, 5.41) is 13.6. The van der Waals surface area contributed by atoms with Crippen LogP contribution < -0.4 is 5.43 Å². The van der Waals surface area contributed by atoms with Crippen LogP contribution in [0.3, 0.4) is 0 Å². The van der Waals surface area contributed by atoms with Gasteiger partial charge in [-0.1, -0.05) is 152 Å². The van der Waals surface area contributed by atoms with Gasteiger partial charge in [-0.25, -0.2) is 4.99 Å². The molecule has 10 aromatic rings. The number of benzene rings is 8. The molecule has 0 aliphatic carbocycles. The molecule has 0 bridgehead atoms. The molecule has 260 valence electrons. The first-order valence-electron chi connectivity index (χ1n) is 18.5. The zero-order valence-electron chi connectivity index (χ0n) is 29.9. The molecule has 0 saturated carbocycles. The molecule has 5 heteroatoms. The molecule has 0 amide bonds. The Morgan fingerprint density at radius 1 is 0.418 bits per heavy atom. The second-order valence-electron chi connectivity index (χ2n) is 13.7. The Bertz CT molecular complexity index is 3050. The Kier molecular flexibility index (Phi) is 7.89. The van der Waals surface area contributed by atoms with E-state index < -0.39 is 0 Å².